The van der Waals surface area contributed by atoms with E-state index in [9.17, 15) is 17.6 Å². The normalized spacial score (nSPS) is 11.2. The lowest BCUT2D eigenvalue weighted by atomic mass is 10.2. The lowest BCUT2D eigenvalue weighted by Crippen LogP contribution is -2.37. The summed E-state index contributed by atoms with van der Waals surface area (Å²) in [4.78, 5) is 11.3. The van der Waals surface area contributed by atoms with Crippen molar-refractivity contribution >= 4 is 15.9 Å². The van der Waals surface area contributed by atoms with Crippen LogP contribution in [0.5, 0.6) is 0 Å². The van der Waals surface area contributed by atoms with Gasteiger partial charge in [0.1, 0.15) is 5.82 Å². The van der Waals surface area contributed by atoms with Crippen LogP contribution in [0.3, 0.4) is 0 Å². The number of hydrogen-bond acceptors (Lipinski definition) is 3. The number of carbonyl (C=O) groups is 1. The van der Waals surface area contributed by atoms with Crippen molar-refractivity contribution in [1.29, 1.82) is 0 Å². The minimum Gasteiger partial charge on any atom is -0.351 e. The highest BCUT2D eigenvalue weighted by Crippen LogP contribution is 2.05. The molecular formula is C11H15FN2O3S. The van der Waals surface area contributed by atoms with Crippen molar-refractivity contribution in [2.24, 2.45) is 0 Å². The molecule has 0 atom stereocenters. The summed E-state index contributed by atoms with van der Waals surface area (Å²) in [7, 11) is -3.39. The monoisotopic (exact) mass is 274 g/mol. The van der Waals surface area contributed by atoms with E-state index in [1.54, 1.807) is 18.2 Å². The van der Waals surface area contributed by atoms with E-state index in [1.807, 2.05) is 0 Å². The third-order valence-corrected chi connectivity index (χ3v) is 3.61. The zero-order valence-electron chi connectivity index (χ0n) is 9.94. The lowest BCUT2D eigenvalue weighted by Gasteiger charge is -2.07. The molecule has 0 aliphatic heterocycles. The van der Waals surface area contributed by atoms with Gasteiger partial charge in [0, 0.05) is 12.1 Å². The summed E-state index contributed by atoms with van der Waals surface area (Å²) in [6, 6.07) is 6.05. The van der Waals surface area contributed by atoms with E-state index >= 15 is 0 Å². The fraction of sp³-hybridized carbons (Fsp3) is 0.364. The number of nitrogens with one attached hydrogen (secondary N) is 2. The zero-order chi connectivity index (χ0) is 13.6. The molecule has 100 valence electrons. The van der Waals surface area contributed by atoms with Crippen LogP contribution in [0.1, 0.15) is 12.5 Å². The topological polar surface area (TPSA) is 75.3 Å². The first-order valence-electron chi connectivity index (χ1n) is 5.42. The molecule has 1 aromatic carbocycles. The van der Waals surface area contributed by atoms with E-state index in [4.69, 9.17) is 0 Å². The van der Waals surface area contributed by atoms with Gasteiger partial charge in [-0.1, -0.05) is 18.2 Å². The Kier molecular flexibility index (Phi) is 5.24. The molecular weight excluding hydrogens is 259 g/mol. The zero-order valence-corrected chi connectivity index (χ0v) is 10.8. The Morgan fingerprint density at radius 1 is 1.33 bits per heavy atom. The standard InChI is InChI=1S/C11H15FN2O3S/c1-2-18(16,17)14-8-11(15)13-7-9-5-3-4-6-10(9)12/h3-6,14H,2,7-8H2,1H3,(H,13,15). The van der Waals surface area contributed by atoms with Crippen molar-refractivity contribution in [3.63, 3.8) is 0 Å². The number of carbonyl (C=O) groups excluding carboxylic acids is 1. The average Bonchev–Trinajstić information content (AvgIpc) is 2.35. The highest BCUT2D eigenvalue weighted by Gasteiger charge is 2.09. The highest BCUT2D eigenvalue weighted by atomic mass is 32.2. The number of sulfonamides is 1. The van der Waals surface area contributed by atoms with Crippen LogP contribution in [0.2, 0.25) is 0 Å². The predicted molar refractivity (Wildman–Crippen MR) is 65.7 cm³/mol. The van der Waals surface area contributed by atoms with Crippen molar-refractivity contribution in [2.45, 2.75) is 13.5 Å². The van der Waals surface area contributed by atoms with Gasteiger partial charge in [-0.05, 0) is 13.0 Å². The molecule has 2 N–H and O–H groups in total. The Hall–Kier alpha value is -1.47. The van der Waals surface area contributed by atoms with E-state index < -0.39 is 21.7 Å². The molecule has 0 saturated heterocycles. The van der Waals surface area contributed by atoms with Crippen LogP contribution in [0.4, 0.5) is 4.39 Å². The minimum atomic E-state index is -3.39. The van der Waals surface area contributed by atoms with Crippen LogP contribution in [-0.2, 0) is 21.4 Å². The molecule has 0 aliphatic carbocycles. The molecule has 0 bridgehead atoms. The van der Waals surface area contributed by atoms with Gasteiger partial charge in [0.15, 0.2) is 0 Å². The van der Waals surface area contributed by atoms with Gasteiger partial charge in [0.05, 0.1) is 12.3 Å². The molecule has 5 nitrogen and oxygen atoms in total. The molecule has 0 unspecified atom stereocenters. The maximum atomic E-state index is 13.2. The number of hydrogen-bond donors (Lipinski definition) is 2. The molecule has 7 heteroatoms. The van der Waals surface area contributed by atoms with Gasteiger partial charge in [0.25, 0.3) is 0 Å². The number of halogens is 1. The predicted octanol–water partition coefficient (Wildman–Crippen LogP) is 0.381. The van der Waals surface area contributed by atoms with Gasteiger partial charge in [0.2, 0.25) is 15.9 Å². The van der Waals surface area contributed by atoms with Gasteiger partial charge >= 0.3 is 0 Å². The van der Waals surface area contributed by atoms with Gasteiger partial charge in [-0.3, -0.25) is 4.79 Å². The molecule has 0 heterocycles. The summed E-state index contributed by atoms with van der Waals surface area (Å²) in [5, 5.41) is 2.43. The molecule has 0 aliphatic rings. The first-order valence-corrected chi connectivity index (χ1v) is 7.07. The van der Waals surface area contributed by atoms with E-state index in [0.29, 0.717) is 5.56 Å². The number of rotatable bonds is 6. The van der Waals surface area contributed by atoms with Crippen molar-refractivity contribution in [2.75, 3.05) is 12.3 Å². The summed E-state index contributed by atoms with van der Waals surface area (Å²) in [6.45, 7) is 1.16. The van der Waals surface area contributed by atoms with Crippen LogP contribution in [0.25, 0.3) is 0 Å². The largest absolute Gasteiger partial charge is 0.351 e. The Labute approximate surface area is 105 Å². The van der Waals surface area contributed by atoms with Crippen molar-refractivity contribution < 1.29 is 17.6 Å². The summed E-state index contributed by atoms with van der Waals surface area (Å²) >= 11 is 0. The van der Waals surface area contributed by atoms with Crippen molar-refractivity contribution in [3.8, 4) is 0 Å². The molecule has 0 aromatic heterocycles. The second kappa shape index (κ2) is 6.46. The Morgan fingerprint density at radius 2 is 2.00 bits per heavy atom. The summed E-state index contributed by atoms with van der Waals surface area (Å²) < 4.78 is 37.5. The fourth-order valence-corrected chi connectivity index (χ4v) is 1.73. The van der Waals surface area contributed by atoms with Gasteiger partial charge in [-0.15, -0.1) is 0 Å². The molecule has 0 fully saturated rings. The summed E-state index contributed by atoms with van der Waals surface area (Å²) in [6.07, 6.45) is 0. The van der Waals surface area contributed by atoms with E-state index in [-0.39, 0.29) is 18.8 Å². The molecule has 1 rings (SSSR count). The molecule has 1 aromatic rings. The first-order chi connectivity index (χ1) is 8.44. The van der Waals surface area contributed by atoms with Crippen LogP contribution in [0, 0.1) is 5.82 Å². The van der Waals surface area contributed by atoms with E-state index in [2.05, 4.69) is 10.0 Å². The minimum absolute atomic E-state index is 0.0271. The second-order valence-electron chi connectivity index (χ2n) is 3.59. The van der Waals surface area contributed by atoms with Gasteiger partial charge < -0.3 is 5.32 Å². The third-order valence-electron chi connectivity index (χ3n) is 2.27. The molecule has 0 radical (unpaired) electrons. The lowest BCUT2D eigenvalue weighted by molar-refractivity contribution is -0.120. The van der Waals surface area contributed by atoms with E-state index in [0.717, 1.165) is 0 Å². The first kappa shape index (κ1) is 14.6. The maximum Gasteiger partial charge on any atom is 0.235 e. The summed E-state index contributed by atoms with van der Waals surface area (Å²) in [5.74, 6) is -1.00. The second-order valence-corrected chi connectivity index (χ2v) is 5.69. The Bertz CT molecular complexity index is 517. The van der Waals surface area contributed by atoms with E-state index in [1.165, 1.54) is 13.0 Å². The third kappa shape index (κ3) is 4.80. The summed E-state index contributed by atoms with van der Waals surface area (Å²) in [5.41, 5.74) is 0.351. The fourth-order valence-electron chi connectivity index (χ4n) is 1.18. The average molecular weight is 274 g/mol. The van der Waals surface area contributed by atoms with Crippen LogP contribution in [0.15, 0.2) is 24.3 Å². The van der Waals surface area contributed by atoms with Crippen molar-refractivity contribution in [3.05, 3.63) is 35.6 Å². The smallest absolute Gasteiger partial charge is 0.235 e. The quantitative estimate of drug-likeness (QED) is 0.787. The highest BCUT2D eigenvalue weighted by molar-refractivity contribution is 7.89. The molecule has 0 saturated carbocycles. The van der Waals surface area contributed by atoms with Crippen LogP contribution in [-0.4, -0.2) is 26.6 Å². The SMILES string of the molecule is CCS(=O)(=O)NCC(=O)NCc1ccccc1F. The van der Waals surface area contributed by atoms with Crippen molar-refractivity contribution in [1.82, 2.24) is 10.0 Å². The molecule has 1 amide bonds. The Morgan fingerprint density at radius 3 is 2.61 bits per heavy atom. The van der Waals surface area contributed by atoms with Gasteiger partial charge in [-0.25, -0.2) is 17.5 Å². The maximum absolute atomic E-state index is 13.2. The molecule has 0 spiro atoms. The Balaban J connectivity index is 2.41. The number of benzene rings is 1. The van der Waals surface area contributed by atoms with Gasteiger partial charge in [-0.2, -0.15) is 0 Å². The number of amides is 1. The molecule has 18 heavy (non-hydrogen) atoms. The van der Waals surface area contributed by atoms with Crippen LogP contribution < -0.4 is 10.0 Å². The van der Waals surface area contributed by atoms with Crippen LogP contribution >= 0.6 is 0 Å².